The number of ether oxygens (including phenoxy) is 2. The van der Waals surface area contributed by atoms with Gasteiger partial charge in [0, 0.05) is 42.5 Å². The van der Waals surface area contributed by atoms with Gasteiger partial charge in [-0.2, -0.15) is 0 Å². The number of hydrogen-bond donors (Lipinski definition) is 3. The fourth-order valence-corrected chi connectivity index (χ4v) is 4.76. The molecule has 2 aliphatic rings. The first-order valence-corrected chi connectivity index (χ1v) is 13.2. The molecule has 0 aliphatic carbocycles. The molecule has 0 saturated carbocycles. The van der Waals surface area contributed by atoms with Gasteiger partial charge in [0.15, 0.2) is 0 Å². The normalized spacial score (nSPS) is 16.0. The summed E-state index contributed by atoms with van der Waals surface area (Å²) >= 11 is 0. The van der Waals surface area contributed by atoms with E-state index in [0.717, 1.165) is 47.6 Å². The summed E-state index contributed by atoms with van der Waals surface area (Å²) in [6.07, 6.45) is 6.85. The first kappa shape index (κ1) is 25.5. The van der Waals surface area contributed by atoms with Gasteiger partial charge in [-0.15, -0.1) is 0 Å². The Kier molecular flexibility index (Phi) is 7.11. The number of nitrogens with zero attached hydrogens (tertiary/aromatic N) is 5. The number of amides is 1. The van der Waals surface area contributed by atoms with Gasteiger partial charge in [0.25, 0.3) is 5.91 Å². The van der Waals surface area contributed by atoms with Crippen LogP contribution in [-0.2, 0) is 13.0 Å². The van der Waals surface area contributed by atoms with Gasteiger partial charge in [-0.25, -0.2) is 19.9 Å². The molecule has 40 heavy (non-hydrogen) atoms. The summed E-state index contributed by atoms with van der Waals surface area (Å²) in [5.74, 6) is 2.61. The van der Waals surface area contributed by atoms with E-state index in [0.29, 0.717) is 48.6 Å². The Labute approximate surface area is 231 Å². The van der Waals surface area contributed by atoms with E-state index < -0.39 is 0 Å². The van der Waals surface area contributed by atoms with Crippen molar-refractivity contribution in [3.63, 3.8) is 0 Å². The molecule has 5 heterocycles. The molecule has 0 radical (unpaired) electrons. The summed E-state index contributed by atoms with van der Waals surface area (Å²) in [5, 5.41) is 6.25. The molecule has 1 atom stereocenters. The van der Waals surface area contributed by atoms with E-state index in [1.54, 1.807) is 36.8 Å². The highest BCUT2D eigenvalue weighted by atomic mass is 16.5. The van der Waals surface area contributed by atoms with Crippen molar-refractivity contribution < 1.29 is 14.3 Å². The lowest BCUT2D eigenvalue weighted by molar-refractivity contribution is 0.0767. The van der Waals surface area contributed by atoms with Crippen LogP contribution in [0.5, 0.6) is 11.5 Å². The second-order valence-electron chi connectivity index (χ2n) is 9.85. The number of rotatable bonds is 9. The summed E-state index contributed by atoms with van der Waals surface area (Å²) in [7, 11) is 2.09. The second kappa shape index (κ2) is 11.1. The minimum absolute atomic E-state index is 0.199. The van der Waals surface area contributed by atoms with Crippen LogP contribution in [0.15, 0.2) is 61.1 Å². The van der Waals surface area contributed by atoms with Gasteiger partial charge in [0.2, 0.25) is 5.95 Å². The molecule has 204 valence electrons. The van der Waals surface area contributed by atoms with E-state index in [-0.39, 0.29) is 11.9 Å². The van der Waals surface area contributed by atoms with Crippen LogP contribution in [-0.4, -0.2) is 63.6 Å². The van der Waals surface area contributed by atoms with E-state index in [4.69, 9.17) is 15.2 Å². The number of pyridine rings is 2. The Hall–Kier alpha value is -4.77. The van der Waals surface area contributed by atoms with E-state index in [1.165, 1.54) is 0 Å². The molecule has 3 aromatic heterocycles. The number of carbonyl (C=O) groups excluding carboxylic acids is 1. The van der Waals surface area contributed by atoms with Crippen LogP contribution >= 0.6 is 0 Å². The van der Waals surface area contributed by atoms with Crippen LogP contribution in [0.2, 0.25) is 0 Å². The summed E-state index contributed by atoms with van der Waals surface area (Å²) in [4.78, 5) is 32.4. The van der Waals surface area contributed by atoms with Crippen LogP contribution in [0.1, 0.15) is 27.9 Å². The molecule has 1 fully saturated rings. The molecule has 11 heteroatoms. The minimum Gasteiger partial charge on any atom is -0.492 e. The van der Waals surface area contributed by atoms with Crippen LogP contribution in [0.3, 0.4) is 0 Å². The predicted molar refractivity (Wildman–Crippen MR) is 151 cm³/mol. The molecular formula is C29H30N8O3. The van der Waals surface area contributed by atoms with E-state index in [9.17, 15) is 4.79 Å². The zero-order valence-corrected chi connectivity index (χ0v) is 22.1. The molecular weight excluding hydrogens is 508 g/mol. The highest BCUT2D eigenvalue weighted by molar-refractivity contribution is 6.03. The van der Waals surface area contributed by atoms with E-state index >= 15 is 0 Å². The Balaban J connectivity index is 1.08. The molecule has 0 unspecified atom stereocenters. The van der Waals surface area contributed by atoms with Gasteiger partial charge < -0.3 is 25.8 Å². The van der Waals surface area contributed by atoms with Gasteiger partial charge >= 0.3 is 0 Å². The first-order chi connectivity index (χ1) is 19.5. The van der Waals surface area contributed by atoms with Gasteiger partial charge in [-0.3, -0.25) is 9.69 Å². The maximum atomic E-state index is 12.9. The summed E-state index contributed by atoms with van der Waals surface area (Å²) < 4.78 is 11.7. The molecule has 6 rings (SSSR count). The van der Waals surface area contributed by atoms with Crippen LogP contribution in [0, 0.1) is 0 Å². The van der Waals surface area contributed by atoms with Crippen molar-refractivity contribution in [2.75, 3.05) is 43.2 Å². The first-order valence-electron chi connectivity index (χ1n) is 13.2. The standard InChI is InChI=1S/C29H30N8O3/c1-37-11-8-20(37)17-40-21-5-6-25(32-15-21)36-28(38)19-4-2-3-18(13-19)14-33-27-22-9-12-39-26(22)23(16-34-27)24-7-10-31-29(30)35-24/h2-7,10,13,15-16,20H,8-9,11-12,14,17H2,1H3,(H,33,34)(H2,30,31,35)(H,32,36,38)/t20-/m1/s1. The average molecular weight is 539 g/mol. The molecule has 0 spiro atoms. The number of nitrogens with two attached hydrogens (primary N) is 1. The summed E-state index contributed by atoms with van der Waals surface area (Å²) in [6, 6.07) is 13.3. The number of fused-ring (bicyclic) bond motifs is 1. The second-order valence-corrected chi connectivity index (χ2v) is 9.85. The van der Waals surface area contributed by atoms with Crippen molar-refractivity contribution in [1.82, 2.24) is 24.8 Å². The predicted octanol–water partition coefficient (Wildman–Crippen LogP) is 3.40. The Morgan fingerprint density at radius 1 is 1.18 bits per heavy atom. The van der Waals surface area contributed by atoms with E-state index in [2.05, 4.69) is 42.5 Å². The third-order valence-corrected chi connectivity index (χ3v) is 7.18. The molecule has 11 nitrogen and oxygen atoms in total. The number of nitrogen functional groups attached to an aromatic ring is 1. The lowest BCUT2D eigenvalue weighted by atomic mass is 10.1. The van der Waals surface area contributed by atoms with Gasteiger partial charge in [0.05, 0.1) is 24.1 Å². The Bertz CT molecular complexity index is 1530. The molecule has 4 aromatic rings. The van der Waals surface area contributed by atoms with Crippen molar-refractivity contribution in [2.24, 2.45) is 0 Å². The lowest BCUT2D eigenvalue weighted by Crippen LogP contribution is -2.48. The number of aromatic nitrogens is 4. The van der Waals surface area contributed by atoms with Crippen LogP contribution in [0.25, 0.3) is 11.3 Å². The van der Waals surface area contributed by atoms with Gasteiger partial charge in [-0.05, 0) is 55.9 Å². The quantitative estimate of drug-likeness (QED) is 0.290. The lowest BCUT2D eigenvalue weighted by Gasteiger charge is -2.37. The van der Waals surface area contributed by atoms with Gasteiger partial charge in [0.1, 0.15) is 29.7 Å². The van der Waals surface area contributed by atoms with Crippen LogP contribution in [0.4, 0.5) is 17.6 Å². The minimum atomic E-state index is -0.236. The van der Waals surface area contributed by atoms with Crippen molar-refractivity contribution in [1.29, 1.82) is 0 Å². The molecule has 1 saturated heterocycles. The fraction of sp³-hybridized carbons (Fsp3) is 0.276. The summed E-state index contributed by atoms with van der Waals surface area (Å²) in [5.41, 5.74) is 9.67. The summed E-state index contributed by atoms with van der Waals surface area (Å²) in [6.45, 7) is 2.80. The average Bonchev–Trinajstić information content (AvgIpc) is 3.47. The number of carbonyl (C=O) groups is 1. The SMILES string of the molecule is CN1CC[C@@H]1COc1ccc(NC(=O)c2cccc(CNc3ncc(-c4ccnc(N)n4)c4c3CCO4)c2)nc1. The number of likely N-dealkylation sites (tertiary alicyclic amines) is 1. The molecule has 2 aliphatic heterocycles. The highest BCUT2D eigenvalue weighted by Crippen LogP contribution is 2.39. The molecule has 1 amide bonds. The van der Waals surface area contributed by atoms with Crippen molar-refractivity contribution >= 4 is 23.5 Å². The molecule has 0 bridgehead atoms. The van der Waals surface area contributed by atoms with E-state index in [1.807, 2.05) is 24.3 Å². The van der Waals surface area contributed by atoms with Crippen LogP contribution < -0.4 is 25.8 Å². The number of benzene rings is 1. The molecule has 4 N–H and O–H groups in total. The fourth-order valence-electron chi connectivity index (χ4n) is 4.76. The number of likely N-dealkylation sites (N-methyl/N-ethyl adjacent to an activating group) is 1. The maximum absolute atomic E-state index is 12.9. The largest absolute Gasteiger partial charge is 0.492 e. The smallest absolute Gasteiger partial charge is 0.256 e. The zero-order valence-electron chi connectivity index (χ0n) is 22.1. The zero-order chi connectivity index (χ0) is 27.5. The number of hydrogen-bond acceptors (Lipinski definition) is 10. The van der Waals surface area contributed by atoms with Crippen molar-refractivity contribution in [2.45, 2.75) is 25.4 Å². The molecule has 1 aromatic carbocycles. The third-order valence-electron chi connectivity index (χ3n) is 7.18. The number of nitrogens with one attached hydrogen (secondary N) is 2. The maximum Gasteiger partial charge on any atom is 0.256 e. The van der Waals surface area contributed by atoms with Crippen molar-refractivity contribution in [3.05, 3.63) is 77.7 Å². The monoisotopic (exact) mass is 538 g/mol. The van der Waals surface area contributed by atoms with Crippen molar-refractivity contribution in [3.8, 4) is 22.8 Å². The number of anilines is 3. The van der Waals surface area contributed by atoms with Gasteiger partial charge in [-0.1, -0.05) is 12.1 Å². The topological polar surface area (TPSA) is 140 Å². The Morgan fingerprint density at radius 3 is 2.88 bits per heavy atom. The Morgan fingerprint density at radius 2 is 2.10 bits per heavy atom. The third kappa shape index (κ3) is 5.50. The highest BCUT2D eigenvalue weighted by Gasteiger charge is 2.25.